The summed E-state index contributed by atoms with van der Waals surface area (Å²) in [6, 6.07) is 206. The maximum Gasteiger partial charge on any atom is 0.0726 e. The molecule has 150 heavy (non-hydrogen) atoms. The molecular weight excluding hydrogens is 1810 g/mol. The molecule has 2 heterocycles. The minimum absolute atomic E-state index is 0.541. The van der Waals surface area contributed by atoms with Gasteiger partial charge in [0.2, 0.25) is 0 Å². The summed E-state index contributed by atoms with van der Waals surface area (Å²) >= 11 is 0. The molecule has 1 unspecified atom stereocenters. The van der Waals surface area contributed by atoms with Crippen LogP contribution in [0.4, 0.5) is 34.1 Å². The third-order valence-electron chi connectivity index (χ3n) is 33.7. The molecule has 32 rings (SSSR count). The number of aromatic nitrogens is 2. The number of nitrogens with zero attached hydrogens (tertiary/aromatic N) is 4. The summed E-state index contributed by atoms with van der Waals surface area (Å²) in [6.07, 6.45) is 0. The summed E-state index contributed by atoms with van der Waals surface area (Å²) in [5, 5.41) is 19.7. The first kappa shape index (κ1) is 83.9. The molecule has 28 aromatic rings. The number of rotatable bonds is 13. The lowest BCUT2D eigenvalue weighted by Gasteiger charge is -2.32. The molecule has 0 radical (unpaired) electrons. The highest BCUT2D eigenvalue weighted by molar-refractivity contribution is 6.28. The standard InChI is InChI=1S/C146H90N4/c1-3-32-101(33-4-1)149-137-56-25-18-45-119(137)121-79-69-99(87-141(121)149)93-62-60-91(61-63-93)92-64-72-103(73-65-92)147(105-76-81-114-109-38-8-7-36-107(109)108-37-9-10-39-110(108)126(114)89-105)140-59-29-55-136-144(140)124-48-17-24-53-133(124)146(136)131-51-22-15-44-118(131)128-86-98(71-83-134(128)146)97-68-78-113-115-82-77-106(90-127(115)112-41-12-11-40-111(112)125(113)85-97)148(139-58-28-54-135-143(139)123-47-16-23-52-132(123)145(135)129-49-20-13-42-116(129)117-43-14-21-50-130(117)145)104-74-66-94(67-75-104)95-30-27-31-96(84-95)100-70-80-122-120-46-19-26-57-138(120)150(142(122)88-100)102-34-5-2-6-35-102/h1-90H. The molecule has 0 aliphatic heterocycles. The molecule has 4 nitrogen and oxygen atoms in total. The van der Waals surface area contributed by atoms with Gasteiger partial charge in [0.05, 0.1) is 44.3 Å². The Kier molecular flexibility index (Phi) is 18.2. The molecule has 0 amide bonds. The second-order valence-electron chi connectivity index (χ2n) is 41.0. The van der Waals surface area contributed by atoms with Crippen molar-refractivity contribution < 1.29 is 0 Å². The predicted octanol–water partition coefficient (Wildman–Crippen LogP) is 38.8. The van der Waals surface area contributed by atoms with Crippen molar-refractivity contribution in [3.8, 4) is 112 Å². The van der Waals surface area contributed by atoms with Gasteiger partial charge in [-0.2, -0.15) is 0 Å². The lowest BCUT2D eigenvalue weighted by molar-refractivity contribution is 0.794. The molecule has 2 aromatic heterocycles. The zero-order chi connectivity index (χ0) is 98.1. The van der Waals surface area contributed by atoms with Gasteiger partial charge in [-0.1, -0.05) is 419 Å². The van der Waals surface area contributed by atoms with Gasteiger partial charge in [0.1, 0.15) is 0 Å². The summed E-state index contributed by atoms with van der Waals surface area (Å²) in [5.41, 5.74) is 44.4. The van der Waals surface area contributed by atoms with Crippen LogP contribution >= 0.6 is 0 Å². The zero-order valence-corrected chi connectivity index (χ0v) is 81.8. The Hall–Kier alpha value is -19.5. The Balaban J connectivity index is 0.514. The van der Waals surface area contributed by atoms with E-state index in [9.17, 15) is 0 Å². The van der Waals surface area contributed by atoms with Crippen LogP contribution in [0.25, 0.3) is 220 Å². The molecule has 0 N–H and O–H groups in total. The van der Waals surface area contributed by atoms with E-state index in [-0.39, 0.29) is 0 Å². The van der Waals surface area contributed by atoms with E-state index < -0.39 is 10.8 Å². The number of hydrogen-bond acceptors (Lipinski definition) is 2. The van der Waals surface area contributed by atoms with E-state index in [4.69, 9.17) is 0 Å². The van der Waals surface area contributed by atoms with E-state index in [0.717, 1.165) is 67.8 Å². The molecule has 0 saturated carbocycles. The molecule has 1 atom stereocenters. The van der Waals surface area contributed by atoms with E-state index in [1.165, 1.54) is 231 Å². The third-order valence-corrected chi connectivity index (χ3v) is 33.7. The minimum Gasteiger partial charge on any atom is -0.310 e. The Labute approximate surface area is 867 Å². The fourth-order valence-corrected chi connectivity index (χ4v) is 27.4. The molecule has 26 aromatic carbocycles. The lowest BCUT2D eigenvalue weighted by atomic mass is 9.70. The molecule has 0 bridgehead atoms. The maximum absolute atomic E-state index is 2.56. The van der Waals surface area contributed by atoms with Crippen LogP contribution in [0.15, 0.2) is 546 Å². The summed E-state index contributed by atoms with van der Waals surface area (Å²) in [4.78, 5) is 5.11. The summed E-state index contributed by atoms with van der Waals surface area (Å²) in [5.74, 6) is 0. The fraction of sp³-hybridized carbons (Fsp3) is 0.0137. The quantitative estimate of drug-likeness (QED) is 0.107. The molecule has 0 fully saturated rings. The van der Waals surface area contributed by atoms with E-state index >= 15 is 0 Å². The van der Waals surface area contributed by atoms with Crippen LogP contribution in [-0.4, -0.2) is 9.13 Å². The second kappa shape index (κ2) is 32.5. The largest absolute Gasteiger partial charge is 0.310 e. The van der Waals surface area contributed by atoms with Gasteiger partial charge in [0, 0.05) is 66.8 Å². The van der Waals surface area contributed by atoms with Crippen LogP contribution in [0.2, 0.25) is 0 Å². The van der Waals surface area contributed by atoms with E-state index in [0.29, 0.717) is 0 Å². The van der Waals surface area contributed by atoms with Crippen LogP contribution in [0, 0.1) is 0 Å². The summed E-state index contributed by atoms with van der Waals surface area (Å²) in [7, 11) is 0. The smallest absolute Gasteiger partial charge is 0.0726 e. The number of hydrogen-bond donors (Lipinski definition) is 0. The van der Waals surface area contributed by atoms with Crippen molar-refractivity contribution in [1.82, 2.24) is 9.13 Å². The highest BCUT2D eigenvalue weighted by Crippen LogP contribution is 2.68. The highest BCUT2D eigenvalue weighted by atomic mass is 15.2. The van der Waals surface area contributed by atoms with Crippen molar-refractivity contribution in [3.63, 3.8) is 0 Å². The highest BCUT2D eigenvalue weighted by Gasteiger charge is 2.55. The zero-order valence-electron chi connectivity index (χ0n) is 81.8. The Morgan fingerprint density at radius 2 is 0.393 bits per heavy atom. The van der Waals surface area contributed by atoms with E-state index in [1.807, 2.05) is 0 Å². The van der Waals surface area contributed by atoms with Crippen LogP contribution in [0.3, 0.4) is 0 Å². The molecule has 4 aliphatic carbocycles. The Morgan fingerprint density at radius 1 is 0.133 bits per heavy atom. The minimum atomic E-state index is -0.658. The Morgan fingerprint density at radius 3 is 0.833 bits per heavy atom. The molecular formula is C146H90N4. The number of para-hydroxylation sites is 4. The molecule has 0 saturated heterocycles. The Bertz CT molecular complexity index is 10500. The molecule has 694 valence electrons. The van der Waals surface area contributed by atoms with Crippen molar-refractivity contribution in [2.45, 2.75) is 10.8 Å². The van der Waals surface area contributed by atoms with Gasteiger partial charge in [-0.15, -0.1) is 0 Å². The average molecular weight is 1900 g/mol. The van der Waals surface area contributed by atoms with E-state index in [2.05, 4.69) is 565 Å². The lowest BCUT2D eigenvalue weighted by Crippen LogP contribution is -2.26. The SMILES string of the molecule is c1ccc(-n2c3ccccc3c3ccc(-c4ccc(-c5ccc(N(c6ccc7c8ccccc8c8ccccc8c7c6)c6cccc7c6-c6ccccc6C76c7ccccc7-c7cc(-c8ccc9c%10ccc(N(c%11ccc(-c%12cccc(-c%13ccc%14c%15ccccc%15n(-c%15ccccc%15)c%14c%13)c%12)cc%11)c%11cccc%12c%11-c%11ccccc%11C%12%11c%12ccccc%12-c%12ccccc%12%11)cc%10c%10ccccc%10c9c8)ccc76)cc5)cc4)cc32)cc1. The van der Waals surface area contributed by atoms with Gasteiger partial charge in [-0.3, -0.25) is 0 Å². The van der Waals surface area contributed by atoms with Crippen molar-refractivity contribution in [2.75, 3.05) is 9.80 Å². The van der Waals surface area contributed by atoms with Crippen molar-refractivity contribution in [1.29, 1.82) is 0 Å². The van der Waals surface area contributed by atoms with E-state index in [1.54, 1.807) is 0 Å². The second-order valence-corrected chi connectivity index (χ2v) is 41.0. The summed E-state index contributed by atoms with van der Waals surface area (Å²) in [6.45, 7) is 0. The molecule has 4 aliphatic rings. The maximum atomic E-state index is 2.56. The van der Waals surface area contributed by atoms with Crippen molar-refractivity contribution >= 4 is 142 Å². The first-order valence-electron chi connectivity index (χ1n) is 52.2. The molecule has 4 heteroatoms. The van der Waals surface area contributed by atoms with Crippen LogP contribution in [-0.2, 0) is 10.8 Å². The first-order chi connectivity index (χ1) is 74.4. The first-order valence-corrected chi connectivity index (χ1v) is 52.2. The number of anilines is 6. The third kappa shape index (κ3) is 12.0. The van der Waals surface area contributed by atoms with Gasteiger partial charge < -0.3 is 18.9 Å². The molecule has 2 spiro atoms. The normalized spacial score (nSPS) is 13.7. The van der Waals surface area contributed by atoms with Gasteiger partial charge in [0.15, 0.2) is 0 Å². The van der Waals surface area contributed by atoms with Crippen LogP contribution < -0.4 is 9.80 Å². The fourth-order valence-electron chi connectivity index (χ4n) is 27.4. The van der Waals surface area contributed by atoms with Gasteiger partial charge in [-0.05, 0) is 326 Å². The summed E-state index contributed by atoms with van der Waals surface area (Å²) < 4.78 is 4.81. The van der Waals surface area contributed by atoms with Crippen LogP contribution in [0.1, 0.15) is 44.5 Å². The van der Waals surface area contributed by atoms with Gasteiger partial charge in [-0.25, -0.2) is 0 Å². The number of fused-ring (bicyclic) bond motifs is 38. The topological polar surface area (TPSA) is 16.3 Å². The van der Waals surface area contributed by atoms with Crippen molar-refractivity contribution in [2.24, 2.45) is 0 Å². The van der Waals surface area contributed by atoms with Gasteiger partial charge in [0.25, 0.3) is 0 Å². The number of benzene rings is 26. The predicted molar refractivity (Wildman–Crippen MR) is 629 cm³/mol. The van der Waals surface area contributed by atoms with Crippen molar-refractivity contribution in [3.05, 3.63) is 590 Å². The van der Waals surface area contributed by atoms with Crippen LogP contribution in [0.5, 0.6) is 0 Å². The monoisotopic (exact) mass is 1900 g/mol. The average Bonchev–Trinajstić information content (AvgIpc) is 1.50. The van der Waals surface area contributed by atoms with Gasteiger partial charge >= 0.3 is 0 Å².